The van der Waals surface area contributed by atoms with Crippen molar-refractivity contribution in [1.82, 2.24) is 9.97 Å². The van der Waals surface area contributed by atoms with Gasteiger partial charge in [-0.3, -0.25) is 0 Å². The van der Waals surface area contributed by atoms with Crippen LogP contribution >= 0.6 is 0 Å². The third-order valence-electron chi connectivity index (χ3n) is 6.75. The van der Waals surface area contributed by atoms with E-state index in [2.05, 4.69) is 16.0 Å². The first-order chi connectivity index (χ1) is 15.8. The Bertz CT molecular complexity index is 1170. The van der Waals surface area contributed by atoms with Crippen molar-refractivity contribution in [3.05, 3.63) is 79.2 Å². The van der Waals surface area contributed by atoms with E-state index in [1.807, 2.05) is 30.3 Å². The van der Waals surface area contributed by atoms with Crippen molar-refractivity contribution in [2.24, 2.45) is 5.41 Å². The van der Waals surface area contributed by atoms with Gasteiger partial charge in [0.25, 0.3) is 0 Å². The van der Waals surface area contributed by atoms with Crippen LogP contribution in [0, 0.1) is 18.2 Å². The third-order valence-corrected chi connectivity index (χ3v) is 6.75. The summed E-state index contributed by atoms with van der Waals surface area (Å²) in [6, 6.07) is 19.5. The third kappa shape index (κ3) is 4.31. The summed E-state index contributed by atoms with van der Waals surface area (Å²) in [5.41, 5.74) is -2.80. The van der Waals surface area contributed by atoms with E-state index in [-0.39, 0.29) is 25.8 Å². The van der Waals surface area contributed by atoms with Gasteiger partial charge in [-0.1, -0.05) is 45.9 Å². The van der Waals surface area contributed by atoms with Crippen molar-refractivity contribution in [3.8, 4) is 0 Å². The zero-order chi connectivity index (χ0) is 24.9. The molecule has 0 amide bonds. The van der Waals surface area contributed by atoms with Crippen LogP contribution in [0.1, 0.15) is 33.4 Å². The molecule has 35 heavy (non-hydrogen) atoms. The predicted molar refractivity (Wildman–Crippen MR) is 120 cm³/mol. The Morgan fingerprint density at radius 2 is 1.46 bits per heavy atom. The number of fused-ring (bicyclic) bond motifs is 1. The number of rotatable bonds is 5. The van der Waals surface area contributed by atoms with Crippen LogP contribution in [0.25, 0.3) is 0 Å². The summed E-state index contributed by atoms with van der Waals surface area (Å²) in [7, 11) is 0. The fourth-order valence-electron chi connectivity index (χ4n) is 3.79. The van der Waals surface area contributed by atoms with Crippen LogP contribution in [0.3, 0.4) is 0 Å². The van der Waals surface area contributed by atoms with Gasteiger partial charge in [0.1, 0.15) is 11.6 Å². The number of hydrogen-bond acceptors (Lipinski definition) is 4. The largest absolute Gasteiger partial charge is 0.477 e. The molecule has 0 fully saturated rings. The number of benzene rings is 2. The topological polar surface area (TPSA) is 32.3 Å². The smallest absolute Gasteiger partial charge is 0.453 e. The van der Waals surface area contributed by atoms with Gasteiger partial charge in [0.15, 0.2) is 0 Å². The molecular weight excluding hydrogens is 644 g/mol. The van der Waals surface area contributed by atoms with Gasteiger partial charge in [-0.15, -0.1) is 12.4 Å². The van der Waals surface area contributed by atoms with E-state index >= 15 is 0 Å². The summed E-state index contributed by atoms with van der Waals surface area (Å²) >= 11 is 0. The molecule has 3 aromatic rings. The fourth-order valence-corrected chi connectivity index (χ4v) is 3.79. The van der Waals surface area contributed by atoms with Gasteiger partial charge < -0.3 is 9.80 Å². The molecule has 0 atom stereocenters. The molecule has 0 bridgehead atoms. The summed E-state index contributed by atoms with van der Waals surface area (Å²) in [5, 5.41) is 0. The fraction of sp³-hybridized carbons (Fsp3) is 0.320. The van der Waals surface area contributed by atoms with Crippen LogP contribution in [-0.4, -0.2) is 22.1 Å². The van der Waals surface area contributed by atoms with Crippen LogP contribution in [0.4, 0.5) is 45.0 Å². The average Bonchev–Trinajstić information content (AvgIpc) is 3.18. The Balaban J connectivity index is 0.00000342. The Morgan fingerprint density at radius 3 is 2.03 bits per heavy atom. The second kappa shape index (κ2) is 9.13. The van der Waals surface area contributed by atoms with Crippen LogP contribution in [0.2, 0.25) is 0 Å². The second-order valence-electron chi connectivity index (χ2n) is 9.16. The summed E-state index contributed by atoms with van der Waals surface area (Å²) in [4.78, 5) is 12.5. The average molecular weight is 667 g/mol. The van der Waals surface area contributed by atoms with Gasteiger partial charge in [0, 0.05) is 36.6 Å². The molecule has 1 aliphatic rings. The molecule has 0 unspecified atom stereocenters. The van der Waals surface area contributed by atoms with Gasteiger partial charge in [-0.05, 0) is 12.1 Å². The summed E-state index contributed by atoms with van der Waals surface area (Å²) in [6.45, 7) is 6.20. The van der Waals surface area contributed by atoms with Crippen molar-refractivity contribution >= 4 is 23.0 Å². The number of alkyl halides is 5. The SMILES string of the molecule is CC(C)(c1cnc2c(n1)N(c1[c-]cccc1)[CH-]N2c1ccccc1)C(C)(C)C(F)(F)C(F)(F)F.[Ir]. The van der Waals surface area contributed by atoms with Crippen molar-refractivity contribution < 1.29 is 42.1 Å². The Labute approximate surface area is 214 Å². The molecule has 0 N–H and O–H groups in total. The maximum absolute atomic E-state index is 14.6. The molecule has 2 aromatic carbocycles. The molecule has 4 rings (SSSR count). The normalized spacial score (nSPS) is 14.5. The number of nitrogens with zero attached hydrogens (tertiary/aromatic N) is 4. The molecule has 189 valence electrons. The quantitative estimate of drug-likeness (QED) is 0.213. The zero-order valence-corrected chi connectivity index (χ0v) is 21.8. The van der Waals surface area contributed by atoms with Crippen LogP contribution in [0.15, 0.2) is 60.8 Å². The van der Waals surface area contributed by atoms with E-state index < -0.39 is 22.9 Å². The Hall–Kier alpha value is -2.58. The molecule has 10 heteroatoms. The number of anilines is 4. The Kier molecular flexibility index (Phi) is 7.05. The van der Waals surface area contributed by atoms with E-state index in [4.69, 9.17) is 0 Å². The van der Waals surface area contributed by atoms with Crippen LogP contribution in [-0.2, 0) is 25.5 Å². The first-order valence-corrected chi connectivity index (χ1v) is 10.6. The van der Waals surface area contributed by atoms with Crippen molar-refractivity contribution in [1.29, 1.82) is 0 Å². The predicted octanol–water partition coefficient (Wildman–Crippen LogP) is 7.18. The molecule has 1 radical (unpaired) electrons. The number of halogens is 5. The van der Waals surface area contributed by atoms with Crippen LogP contribution in [0.5, 0.6) is 0 Å². The molecular formula is C25H23F5IrN4-2. The summed E-state index contributed by atoms with van der Waals surface area (Å²) in [6.07, 6.45) is -4.43. The number of aromatic nitrogens is 2. The minimum atomic E-state index is -5.71. The standard InChI is InChI=1S/C25H23F5N4.Ir/c1-22(2,23(3,4)24(26,27)25(28,29)30)19-15-31-20-21(32-19)34(18-13-9-6-10-14-18)16-33(20)17-11-7-5-8-12-17;/h5-13,15-16H,1-4H3;/q-2;. The van der Waals surface area contributed by atoms with Gasteiger partial charge >= 0.3 is 12.1 Å². The molecule has 1 aliphatic heterocycles. The molecule has 0 saturated carbocycles. The van der Waals surface area contributed by atoms with E-state index in [1.165, 1.54) is 20.0 Å². The van der Waals surface area contributed by atoms with E-state index in [1.54, 1.807) is 40.7 Å². The molecule has 2 heterocycles. The minimum Gasteiger partial charge on any atom is -0.477 e. The second-order valence-corrected chi connectivity index (χ2v) is 9.16. The first kappa shape index (κ1) is 27.0. The van der Waals surface area contributed by atoms with Gasteiger partial charge in [-0.2, -0.15) is 52.3 Å². The molecule has 0 saturated heterocycles. The van der Waals surface area contributed by atoms with Crippen molar-refractivity contribution in [2.75, 3.05) is 9.80 Å². The number of hydrogen-bond donors (Lipinski definition) is 0. The van der Waals surface area contributed by atoms with Gasteiger partial charge in [-0.25, -0.2) is 9.97 Å². The minimum absolute atomic E-state index is 0. The maximum Gasteiger partial charge on any atom is 0.453 e. The number of para-hydroxylation sites is 2. The van der Waals surface area contributed by atoms with Crippen molar-refractivity contribution in [3.63, 3.8) is 0 Å². The Morgan fingerprint density at radius 1 is 0.829 bits per heavy atom. The van der Waals surface area contributed by atoms with Crippen molar-refractivity contribution in [2.45, 2.75) is 45.2 Å². The summed E-state index contributed by atoms with van der Waals surface area (Å²) in [5.74, 6) is -4.23. The molecule has 1 aromatic heterocycles. The van der Waals surface area contributed by atoms with Crippen LogP contribution < -0.4 is 9.80 Å². The van der Waals surface area contributed by atoms with Gasteiger partial charge in [0.05, 0.1) is 11.9 Å². The van der Waals surface area contributed by atoms with Gasteiger partial charge in [0.2, 0.25) is 0 Å². The van der Waals surface area contributed by atoms with E-state index in [9.17, 15) is 22.0 Å². The molecule has 0 spiro atoms. The maximum atomic E-state index is 14.6. The summed E-state index contributed by atoms with van der Waals surface area (Å²) < 4.78 is 69.1. The zero-order valence-electron chi connectivity index (χ0n) is 19.4. The molecule has 0 aliphatic carbocycles. The molecule has 4 nitrogen and oxygen atoms in total. The van der Waals surface area contributed by atoms with E-state index in [0.29, 0.717) is 17.3 Å². The van der Waals surface area contributed by atoms with E-state index in [0.717, 1.165) is 19.5 Å². The monoisotopic (exact) mass is 667 g/mol. The first-order valence-electron chi connectivity index (χ1n) is 10.6.